The normalized spacial score (nSPS) is 11.7. The molecule has 0 aliphatic rings. The summed E-state index contributed by atoms with van der Waals surface area (Å²) in [7, 11) is 0. The highest BCUT2D eigenvalue weighted by molar-refractivity contribution is 7.12. The van der Waals surface area contributed by atoms with Gasteiger partial charge in [-0.3, -0.25) is 9.59 Å². The number of carbonyl (C=O) groups is 2. The van der Waals surface area contributed by atoms with Crippen molar-refractivity contribution in [3.05, 3.63) is 93.7 Å². The molecule has 1 heterocycles. The topological polar surface area (TPSA) is 34.1 Å². The second-order valence-electron chi connectivity index (χ2n) is 5.38. The van der Waals surface area contributed by atoms with Crippen LogP contribution in [0.5, 0.6) is 0 Å². The van der Waals surface area contributed by atoms with Crippen LogP contribution in [0.4, 0.5) is 0 Å². The van der Waals surface area contributed by atoms with Crippen LogP contribution >= 0.6 is 11.3 Å². The molecular formula is C21H16O2S. The van der Waals surface area contributed by atoms with Gasteiger partial charge in [0.05, 0.1) is 4.88 Å². The Kier molecular flexibility index (Phi) is 4.82. The second kappa shape index (κ2) is 7.20. The Balaban J connectivity index is 2.21. The number of rotatable bonds is 5. The first-order valence-electron chi connectivity index (χ1n) is 7.61. The van der Waals surface area contributed by atoms with Gasteiger partial charge >= 0.3 is 0 Å². The van der Waals surface area contributed by atoms with E-state index in [9.17, 15) is 9.59 Å². The van der Waals surface area contributed by atoms with Crippen LogP contribution in [0.3, 0.4) is 0 Å². The van der Waals surface area contributed by atoms with Crippen LogP contribution in [0.2, 0.25) is 0 Å². The third kappa shape index (κ3) is 3.12. The first kappa shape index (κ1) is 16.1. The fourth-order valence-corrected chi connectivity index (χ4v) is 3.47. The first-order chi connectivity index (χ1) is 11.7. The third-order valence-corrected chi connectivity index (χ3v) is 4.75. The smallest absolute Gasteiger partial charge is 0.193 e. The monoisotopic (exact) mass is 332 g/mol. The van der Waals surface area contributed by atoms with Crippen molar-refractivity contribution < 1.29 is 9.59 Å². The van der Waals surface area contributed by atoms with Gasteiger partial charge in [-0.1, -0.05) is 60.7 Å². The summed E-state index contributed by atoms with van der Waals surface area (Å²) >= 11 is 1.38. The quantitative estimate of drug-likeness (QED) is 0.357. The van der Waals surface area contributed by atoms with Gasteiger partial charge in [0, 0.05) is 11.1 Å². The van der Waals surface area contributed by atoms with E-state index < -0.39 is 0 Å². The largest absolute Gasteiger partial charge is 0.297 e. The second-order valence-corrected chi connectivity index (χ2v) is 6.33. The zero-order valence-electron chi connectivity index (χ0n) is 13.2. The fraction of sp³-hybridized carbons (Fsp3) is 0.0476. The van der Waals surface area contributed by atoms with Crippen molar-refractivity contribution in [2.24, 2.45) is 0 Å². The van der Waals surface area contributed by atoms with Crippen molar-refractivity contribution in [2.75, 3.05) is 0 Å². The van der Waals surface area contributed by atoms with Crippen LogP contribution in [-0.4, -0.2) is 12.1 Å². The van der Waals surface area contributed by atoms with Gasteiger partial charge in [0.25, 0.3) is 0 Å². The van der Waals surface area contributed by atoms with Crippen molar-refractivity contribution >= 4 is 34.6 Å². The molecular weight excluding hydrogens is 316 g/mol. The van der Waals surface area contributed by atoms with Crippen LogP contribution in [0, 0.1) is 0 Å². The SMILES string of the molecule is C/C(=C(/C(=O)c1ccccc1)c1ccccc1)c1ccsc1C=O. The van der Waals surface area contributed by atoms with Crippen molar-refractivity contribution in [3.63, 3.8) is 0 Å². The van der Waals surface area contributed by atoms with Gasteiger partial charge in [0.2, 0.25) is 0 Å². The lowest BCUT2D eigenvalue weighted by atomic mass is 9.90. The lowest BCUT2D eigenvalue weighted by Gasteiger charge is -2.12. The van der Waals surface area contributed by atoms with Crippen molar-refractivity contribution in [1.82, 2.24) is 0 Å². The summed E-state index contributed by atoms with van der Waals surface area (Å²) in [6.07, 6.45) is 0.846. The number of allylic oxidation sites excluding steroid dienone is 2. The van der Waals surface area contributed by atoms with E-state index in [0.717, 1.165) is 23.0 Å². The lowest BCUT2D eigenvalue weighted by Crippen LogP contribution is -2.05. The molecule has 3 heteroatoms. The molecule has 3 aromatic rings. The summed E-state index contributed by atoms with van der Waals surface area (Å²) in [6.45, 7) is 1.90. The molecule has 2 aromatic carbocycles. The number of benzene rings is 2. The molecule has 0 aliphatic carbocycles. The molecule has 0 spiro atoms. The molecule has 0 saturated heterocycles. The number of Topliss-reactive ketones (excluding diaryl/α,β-unsaturated/α-hetero) is 1. The summed E-state index contributed by atoms with van der Waals surface area (Å²) in [5.41, 5.74) is 3.75. The average Bonchev–Trinajstić information content (AvgIpc) is 3.12. The van der Waals surface area contributed by atoms with Gasteiger partial charge in [-0.25, -0.2) is 0 Å². The molecule has 0 aliphatic heterocycles. The van der Waals surface area contributed by atoms with E-state index in [2.05, 4.69) is 0 Å². The Labute approximate surface area is 145 Å². The van der Waals surface area contributed by atoms with E-state index in [1.54, 1.807) is 0 Å². The van der Waals surface area contributed by atoms with Crippen LogP contribution < -0.4 is 0 Å². The Morgan fingerprint density at radius 3 is 2.04 bits per heavy atom. The van der Waals surface area contributed by atoms with Crippen LogP contribution in [-0.2, 0) is 0 Å². The zero-order chi connectivity index (χ0) is 16.9. The lowest BCUT2D eigenvalue weighted by molar-refractivity contribution is 0.105. The summed E-state index contributed by atoms with van der Waals surface area (Å²) in [5, 5.41) is 1.87. The highest BCUT2D eigenvalue weighted by Gasteiger charge is 2.19. The summed E-state index contributed by atoms with van der Waals surface area (Å²) in [5.74, 6) is -0.0395. The van der Waals surface area contributed by atoms with Crippen LogP contribution in [0.1, 0.15) is 38.1 Å². The van der Waals surface area contributed by atoms with E-state index in [4.69, 9.17) is 0 Å². The van der Waals surface area contributed by atoms with Gasteiger partial charge in [0.15, 0.2) is 12.1 Å². The fourth-order valence-electron chi connectivity index (χ4n) is 2.71. The molecule has 24 heavy (non-hydrogen) atoms. The number of carbonyl (C=O) groups excluding carboxylic acids is 2. The number of aldehydes is 1. The van der Waals surface area contributed by atoms with E-state index in [1.807, 2.05) is 79.0 Å². The Morgan fingerprint density at radius 1 is 0.875 bits per heavy atom. The molecule has 0 N–H and O–H groups in total. The molecule has 0 saturated carbocycles. The first-order valence-corrected chi connectivity index (χ1v) is 8.49. The molecule has 0 fully saturated rings. The van der Waals surface area contributed by atoms with Gasteiger partial charge in [0.1, 0.15) is 0 Å². The maximum atomic E-state index is 13.1. The Morgan fingerprint density at radius 2 is 1.46 bits per heavy atom. The molecule has 0 amide bonds. The van der Waals surface area contributed by atoms with Crippen LogP contribution in [0.15, 0.2) is 72.1 Å². The highest BCUT2D eigenvalue weighted by atomic mass is 32.1. The standard InChI is InChI=1S/C21H16O2S/c1-15(18-12-13-24-19(18)14-22)20(16-8-4-2-5-9-16)21(23)17-10-6-3-7-11-17/h2-14H,1H3/b20-15-. The molecule has 0 atom stereocenters. The zero-order valence-corrected chi connectivity index (χ0v) is 14.0. The predicted molar refractivity (Wildman–Crippen MR) is 99.4 cm³/mol. The number of thiophene rings is 1. The van der Waals surface area contributed by atoms with Gasteiger partial charge in [-0.15, -0.1) is 11.3 Å². The molecule has 118 valence electrons. The number of ketones is 1. The maximum absolute atomic E-state index is 13.1. The van der Waals surface area contributed by atoms with Gasteiger partial charge < -0.3 is 0 Å². The van der Waals surface area contributed by atoms with Gasteiger partial charge in [-0.2, -0.15) is 0 Å². The van der Waals surface area contributed by atoms with E-state index in [0.29, 0.717) is 16.0 Å². The average molecular weight is 332 g/mol. The summed E-state index contributed by atoms with van der Waals surface area (Å²) in [6, 6.07) is 20.7. The Hall–Kier alpha value is -2.78. The molecule has 0 radical (unpaired) electrons. The number of hydrogen-bond acceptors (Lipinski definition) is 3. The molecule has 2 nitrogen and oxygen atoms in total. The molecule has 0 unspecified atom stereocenters. The van der Waals surface area contributed by atoms with Crippen molar-refractivity contribution in [1.29, 1.82) is 0 Å². The van der Waals surface area contributed by atoms with Crippen molar-refractivity contribution in [2.45, 2.75) is 6.92 Å². The third-order valence-electron chi connectivity index (χ3n) is 3.91. The molecule has 0 bridgehead atoms. The summed E-state index contributed by atoms with van der Waals surface area (Å²) in [4.78, 5) is 25.1. The minimum absolute atomic E-state index is 0.0395. The highest BCUT2D eigenvalue weighted by Crippen LogP contribution is 2.32. The predicted octanol–water partition coefficient (Wildman–Crippen LogP) is 5.37. The van der Waals surface area contributed by atoms with E-state index in [-0.39, 0.29) is 5.78 Å². The molecule has 1 aromatic heterocycles. The van der Waals surface area contributed by atoms with Gasteiger partial charge in [-0.05, 0) is 35.1 Å². The maximum Gasteiger partial charge on any atom is 0.193 e. The van der Waals surface area contributed by atoms with Crippen LogP contribution in [0.25, 0.3) is 11.1 Å². The number of hydrogen-bond donors (Lipinski definition) is 0. The molecule has 3 rings (SSSR count). The van der Waals surface area contributed by atoms with Crippen molar-refractivity contribution in [3.8, 4) is 0 Å². The minimum Gasteiger partial charge on any atom is -0.297 e. The van der Waals surface area contributed by atoms with E-state index >= 15 is 0 Å². The summed E-state index contributed by atoms with van der Waals surface area (Å²) < 4.78 is 0. The Bertz CT molecular complexity index is 890. The van der Waals surface area contributed by atoms with E-state index in [1.165, 1.54) is 11.3 Å². The minimum atomic E-state index is -0.0395.